The standard InChI is InChI=1S/C22H29N2O6P/c1-3-15(2)20(23-14-31(28,29)30)21(25)24-19(22(26)27)13-16-9-11-18(12-10-16)17-7-5-4-6-8-17/h4-12,15,19-20,23H,3,13-14H2,1-2H3,(H,24,25)(H,26,27)(H2,28,29,30)/t15-,19-,20-/m0/s1. The Morgan fingerprint density at radius 2 is 1.58 bits per heavy atom. The minimum Gasteiger partial charge on any atom is -0.480 e. The first-order chi connectivity index (χ1) is 14.6. The molecule has 0 heterocycles. The van der Waals surface area contributed by atoms with Crippen molar-refractivity contribution in [3.8, 4) is 11.1 Å². The van der Waals surface area contributed by atoms with Gasteiger partial charge in [-0.15, -0.1) is 0 Å². The molecule has 8 nitrogen and oxygen atoms in total. The van der Waals surface area contributed by atoms with E-state index in [1.165, 1.54) is 0 Å². The number of aliphatic carboxylic acids is 1. The molecule has 0 spiro atoms. The molecule has 0 unspecified atom stereocenters. The van der Waals surface area contributed by atoms with Gasteiger partial charge >= 0.3 is 13.6 Å². The highest BCUT2D eigenvalue weighted by atomic mass is 31.2. The van der Waals surface area contributed by atoms with Gasteiger partial charge in [-0.25, -0.2) is 4.79 Å². The third kappa shape index (κ3) is 7.92. The summed E-state index contributed by atoms with van der Waals surface area (Å²) in [6, 6.07) is 15.1. The van der Waals surface area contributed by atoms with Gasteiger partial charge in [0.05, 0.1) is 12.3 Å². The largest absolute Gasteiger partial charge is 0.480 e. The summed E-state index contributed by atoms with van der Waals surface area (Å²) in [7, 11) is -4.36. The molecule has 0 aliphatic heterocycles. The molecule has 31 heavy (non-hydrogen) atoms. The van der Waals surface area contributed by atoms with Crippen LogP contribution in [0.4, 0.5) is 0 Å². The summed E-state index contributed by atoms with van der Waals surface area (Å²) in [6.45, 7) is 3.60. The normalized spacial score (nSPS) is 14.5. The monoisotopic (exact) mass is 448 g/mol. The van der Waals surface area contributed by atoms with Gasteiger partial charge in [-0.05, 0) is 22.6 Å². The average molecular weight is 448 g/mol. The van der Waals surface area contributed by atoms with E-state index in [1.807, 2.05) is 61.5 Å². The van der Waals surface area contributed by atoms with Gasteiger partial charge in [0.1, 0.15) is 6.04 Å². The Labute approximate surface area is 181 Å². The van der Waals surface area contributed by atoms with Crippen LogP contribution >= 0.6 is 7.60 Å². The first kappa shape index (κ1) is 24.8. The maximum absolute atomic E-state index is 12.7. The van der Waals surface area contributed by atoms with Crippen molar-refractivity contribution in [1.82, 2.24) is 10.6 Å². The summed E-state index contributed by atoms with van der Waals surface area (Å²) in [5.41, 5.74) is 2.79. The number of hydrogen-bond acceptors (Lipinski definition) is 4. The Hall–Kier alpha value is -2.51. The lowest BCUT2D eigenvalue weighted by Crippen LogP contribution is -2.53. The van der Waals surface area contributed by atoms with Crippen molar-refractivity contribution in [1.29, 1.82) is 0 Å². The van der Waals surface area contributed by atoms with Crippen molar-refractivity contribution < 1.29 is 29.0 Å². The SMILES string of the molecule is CC[C@H](C)[C@H](NCP(=O)(O)O)C(=O)N[C@@H](Cc1ccc(-c2ccccc2)cc1)C(=O)O. The first-order valence-electron chi connectivity index (χ1n) is 10.1. The fourth-order valence-corrected chi connectivity index (χ4v) is 3.60. The van der Waals surface area contributed by atoms with Crippen LogP contribution in [-0.2, 0) is 20.6 Å². The maximum Gasteiger partial charge on any atom is 0.339 e. The van der Waals surface area contributed by atoms with E-state index in [0.717, 1.165) is 16.7 Å². The van der Waals surface area contributed by atoms with Crippen LogP contribution in [0.2, 0.25) is 0 Å². The fourth-order valence-electron chi connectivity index (χ4n) is 3.17. The molecular weight excluding hydrogens is 419 g/mol. The van der Waals surface area contributed by atoms with Gasteiger partial charge in [-0.1, -0.05) is 74.9 Å². The summed E-state index contributed by atoms with van der Waals surface area (Å²) in [6.07, 6.45) is 0.000899. The van der Waals surface area contributed by atoms with E-state index in [4.69, 9.17) is 9.79 Å². The summed E-state index contributed by atoms with van der Waals surface area (Å²) in [5, 5.41) is 14.7. The molecule has 0 aliphatic carbocycles. The topological polar surface area (TPSA) is 136 Å². The molecule has 0 fully saturated rings. The quantitative estimate of drug-likeness (QED) is 0.333. The molecule has 1 amide bonds. The molecule has 0 aromatic heterocycles. The van der Waals surface area contributed by atoms with Crippen LogP contribution in [0, 0.1) is 5.92 Å². The number of carboxylic acid groups (broad SMARTS) is 1. The Morgan fingerprint density at radius 3 is 2.10 bits per heavy atom. The lowest BCUT2D eigenvalue weighted by Gasteiger charge is -2.25. The van der Waals surface area contributed by atoms with Crippen molar-refractivity contribution in [3.05, 3.63) is 60.2 Å². The predicted molar refractivity (Wildman–Crippen MR) is 118 cm³/mol. The van der Waals surface area contributed by atoms with E-state index >= 15 is 0 Å². The van der Waals surface area contributed by atoms with E-state index < -0.39 is 37.8 Å². The molecule has 168 valence electrons. The number of hydrogen-bond donors (Lipinski definition) is 5. The summed E-state index contributed by atoms with van der Waals surface area (Å²) < 4.78 is 11.2. The summed E-state index contributed by atoms with van der Waals surface area (Å²) in [4.78, 5) is 42.7. The first-order valence-corrected chi connectivity index (χ1v) is 11.9. The Morgan fingerprint density at radius 1 is 1.00 bits per heavy atom. The van der Waals surface area contributed by atoms with Crippen LogP contribution in [0.1, 0.15) is 25.8 Å². The second-order valence-electron chi connectivity index (χ2n) is 7.56. The molecular formula is C22H29N2O6P. The van der Waals surface area contributed by atoms with Gasteiger partial charge < -0.3 is 20.2 Å². The number of nitrogens with one attached hydrogen (secondary N) is 2. The minimum atomic E-state index is -4.36. The number of benzene rings is 2. The average Bonchev–Trinajstić information content (AvgIpc) is 2.73. The van der Waals surface area contributed by atoms with Crippen molar-refractivity contribution >= 4 is 19.5 Å². The number of carboxylic acids is 1. The summed E-state index contributed by atoms with van der Waals surface area (Å²) in [5.74, 6) is -2.03. The Bertz CT molecular complexity index is 913. The van der Waals surface area contributed by atoms with Crippen LogP contribution < -0.4 is 10.6 Å². The summed E-state index contributed by atoms with van der Waals surface area (Å²) >= 11 is 0. The van der Waals surface area contributed by atoms with Gasteiger partial charge in [-0.2, -0.15) is 0 Å². The highest BCUT2D eigenvalue weighted by Gasteiger charge is 2.30. The zero-order valence-electron chi connectivity index (χ0n) is 17.6. The van der Waals surface area contributed by atoms with Crippen LogP contribution in [0.5, 0.6) is 0 Å². The number of carbonyl (C=O) groups excluding carboxylic acids is 1. The number of amides is 1. The van der Waals surface area contributed by atoms with Crippen LogP contribution in [0.15, 0.2) is 54.6 Å². The number of rotatable bonds is 11. The van der Waals surface area contributed by atoms with E-state index in [-0.39, 0.29) is 12.3 Å². The highest BCUT2D eigenvalue weighted by molar-refractivity contribution is 7.51. The molecule has 2 aromatic rings. The van der Waals surface area contributed by atoms with E-state index in [2.05, 4.69) is 10.6 Å². The van der Waals surface area contributed by atoms with Gasteiger partial charge in [0.15, 0.2) is 0 Å². The van der Waals surface area contributed by atoms with E-state index in [1.54, 1.807) is 6.92 Å². The smallest absolute Gasteiger partial charge is 0.339 e. The molecule has 2 rings (SSSR count). The third-order valence-electron chi connectivity index (χ3n) is 5.13. The van der Waals surface area contributed by atoms with E-state index in [9.17, 15) is 19.3 Å². The lowest BCUT2D eigenvalue weighted by molar-refractivity contribution is -0.142. The second-order valence-corrected chi connectivity index (χ2v) is 9.20. The molecule has 3 atom stereocenters. The lowest BCUT2D eigenvalue weighted by atomic mass is 9.97. The molecule has 0 aliphatic rings. The fraction of sp³-hybridized carbons (Fsp3) is 0.364. The second kappa shape index (κ2) is 11.2. The van der Waals surface area contributed by atoms with Crippen molar-refractivity contribution in [2.45, 2.75) is 38.8 Å². The van der Waals surface area contributed by atoms with Gasteiger partial charge in [0, 0.05) is 6.42 Å². The van der Waals surface area contributed by atoms with Crippen LogP contribution in [0.25, 0.3) is 11.1 Å². The predicted octanol–water partition coefficient (Wildman–Crippen LogP) is 2.61. The van der Waals surface area contributed by atoms with Gasteiger partial charge in [-0.3, -0.25) is 14.7 Å². The minimum absolute atomic E-state index is 0.0852. The van der Waals surface area contributed by atoms with Crippen molar-refractivity contribution in [2.24, 2.45) is 5.92 Å². The molecule has 0 saturated heterocycles. The molecule has 9 heteroatoms. The van der Waals surface area contributed by atoms with Crippen molar-refractivity contribution in [3.63, 3.8) is 0 Å². The maximum atomic E-state index is 12.7. The third-order valence-corrected chi connectivity index (χ3v) is 5.72. The van der Waals surface area contributed by atoms with Crippen LogP contribution in [0.3, 0.4) is 0 Å². The van der Waals surface area contributed by atoms with Gasteiger partial charge in [0.25, 0.3) is 0 Å². The highest BCUT2D eigenvalue weighted by Crippen LogP contribution is 2.32. The zero-order chi connectivity index (χ0) is 23.0. The molecule has 2 aromatic carbocycles. The zero-order valence-corrected chi connectivity index (χ0v) is 18.5. The molecule has 5 N–H and O–H groups in total. The van der Waals surface area contributed by atoms with E-state index in [0.29, 0.717) is 6.42 Å². The number of carbonyl (C=O) groups is 2. The Kier molecular flexibility index (Phi) is 8.95. The molecule has 0 radical (unpaired) electrons. The van der Waals surface area contributed by atoms with Gasteiger partial charge in [0.2, 0.25) is 5.91 Å². The van der Waals surface area contributed by atoms with Crippen molar-refractivity contribution in [2.75, 3.05) is 6.29 Å². The Balaban J connectivity index is 2.09. The van der Waals surface area contributed by atoms with Crippen LogP contribution in [-0.4, -0.2) is 45.1 Å². The molecule has 0 bridgehead atoms. The molecule has 0 saturated carbocycles.